The van der Waals surface area contributed by atoms with Gasteiger partial charge in [-0.1, -0.05) is 43.0 Å². The highest BCUT2D eigenvalue weighted by atomic mass is 35.5. The van der Waals surface area contributed by atoms with Crippen LogP contribution in [-0.2, 0) is 14.4 Å². The Labute approximate surface area is 229 Å². The first-order chi connectivity index (χ1) is 18.2. The molecule has 3 amide bonds. The van der Waals surface area contributed by atoms with Gasteiger partial charge in [-0.25, -0.2) is 5.01 Å². The van der Waals surface area contributed by atoms with Crippen LogP contribution in [0.1, 0.15) is 38.5 Å². The summed E-state index contributed by atoms with van der Waals surface area (Å²) in [6, 6.07) is 11.0. The molecule has 0 aromatic heterocycles. The van der Waals surface area contributed by atoms with Crippen molar-refractivity contribution in [1.29, 1.82) is 0 Å². The molecule has 1 saturated heterocycles. The summed E-state index contributed by atoms with van der Waals surface area (Å²) < 4.78 is 5.37. The second-order valence-corrected chi connectivity index (χ2v) is 9.78. The zero-order valence-electron chi connectivity index (χ0n) is 20.3. The van der Waals surface area contributed by atoms with Gasteiger partial charge in [-0.05, 0) is 55.4 Å². The molecule has 1 aliphatic heterocycles. The summed E-state index contributed by atoms with van der Waals surface area (Å²) in [7, 11) is 0. The van der Waals surface area contributed by atoms with E-state index in [0.717, 1.165) is 32.1 Å². The molecule has 2 aliphatic rings. The second kappa shape index (κ2) is 12.2. The Hall–Kier alpha value is -3.77. The topological polar surface area (TPSA) is 134 Å². The van der Waals surface area contributed by atoms with E-state index in [1.54, 1.807) is 30.3 Å². The fourth-order valence-electron chi connectivity index (χ4n) is 4.56. The van der Waals surface area contributed by atoms with Crippen molar-refractivity contribution < 1.29 is 24.0 Å². The maximum atomic E-state index is 13.5. The highest BCUT2D eigenvalue weighted by molar-refractivity contribution is 7.80. The second-order valence-electron chi connectivity index (χ2n) is 8.98. The van der Waals surface area contributed by atoms with Gasteiger partial charge in [0.25, 0.3) is 11.8 Å². The van der Waals surface area contributed by atoms with Crippen molar-refractivity contribution in [2.45, 2.75) is 50.6 Å². The number of carbonyl (C=O) groups excluding carboxylic acids is 3. The summed E-state index contributed by atoms with van der Waals surface area (Å²) in [6.45, 7) is -0.564. The third-order valence-corrected chi connectivity index (χ3v) is 7.00. The molecular formula is C25H26ClN5O6S. The van der Waals surface area contributed by atoms with Crippen LogP contribution in [0.3, 0.4) is 0 Å². The number of ether oxygens (including phenoxy) is 1. The number of hydrogen-bond donors (Lipinski definition) is 2. The van der Waals surface area contributed by atoms with Gasteiger partial charge in [-0.3, -0.25) is 34.8 Å². The molecular weight excluding hydrogens is 534 g/mol. The minimum atomic E-state index is -1.06. The van der Waals surface area contributed by atoms with Crippen LogP contribution in [0.2, 0.25) is 5.02 Å². The SMILES string of the molecule is O=C(CC1C(=O)N(C2CCCCC2)C(=S)N1NC(=O)COc1ccccc1[N+](=O)[O-])Nc1ccc(Cl)cc1. The number of nitrogens with one attached hydrogen (secondary N) is 2. The number of amides is 3. The van der Waals surface area contributed by atoms with Gasteiger partial charge in [-0.15, -0.1) is 0 Å². The number of hydrogen-bond acceptors (Lipinski definition) is 7. The Morgan fingerprint density at radius 1 is 1.08 bits per heavy atom. The molecule has 38 heavy (non-hydrogen) atoms. The Bertz CT molecular complexity index is 1240. The van der Waals surface area contributed by atoms with E-state index >= 15 is 0 Å². The van der Waals surface area contributed by atoms with Gasteiger partial charge in [-0.2, -0.15) is 0 Å². The summed E-state index contributed by atoms with van der Waals surface area (Å²) >= 11 is 11.5. The predicted octanol–water partition coefficient (Wildman–Crippen LogP) is 3.82. The number of para-hydroxylation sites is 2. The average molecular weight is 560 g/mol. The quantitative estimate of drug-likeness (QED) is 0.269. The molecule has 1 atom stereocenters. The van der Waals surface area contributed by atoms with Crippen molar-refractivity contribution in [2.75, 3.05) is 11.9 Å². The third kappa shape index (κ3) is 6.37. The molecule has 2 aromatic rings. The first kappa shape index (κ1) is 27.3. The Balaban J connectivity index is 1.48. The fraction of sp³-hybridized carbons (Fsp3) is 0.360. The van der Waals surface area contributed by atoms with E-state index in [0.29, 0.717) is 10.7 Å². The van der Waals surface area contributed by atoms with Gasteiger partial charge in [0.05, 0.1) is 11.3 Å². The van der Waals surface area contributed by atoms with Gasteiger partial charge in [0.15, 0.2) is 17.5 Å². The number of nitrogens with zero attached hydrogens (tertiary/aromatic N) is 3. The molecule has 1 unspecified atom stereocenters. The number of halogens is 1. The molecule has 11 nitrogen and oxygen atoms in total. The van der Waals surface area contributed by atoms with Crippen LogP contribution in [0.25, 0.3) is 0 Å². The lowest BCUT2D eigenvalue weighted by atomic mass is 9.94. The smallest absolute Gasteiger partial charge is 0.310 e. The van der Waals surface area contributed by atoms with E-state index in [4.69, 9.17) is 28.6 Å². The van der Waals surface area contributed by atoms with E-state index in [1.807, 2.05) is 0 Å². The van der Waals surface area contributed by atoms with E-state index in [2.05, 4.69) is 10.7 Å². The number of carbonyl (C=O) groups is 3. The van der Waals surface area contributed by atoms with Gasteiger partial charge in [0.1, 0.15) is 6.04 Å². The van der Waals surface area contributed by atoms with E-state index in [-0.39, 0.29) is 34.9 Å². The standard InChI is InChI=1S/C25H26ClN5O6S/c26-16-10-12-17(13-11-16)27-22(32)14-20-24(34)29(18-6-2-1-3-7-18)25(38)30(20)28-23(33)15-37-21-9-5-4-8-19(21)31(35)36/h4-5,8-13,18,20H,1-3,6-7,14-15H2,(H,27,32)(H,28,33). The molecule has 200 valence electrons. The molecule has 2 fully saturated rings. The van der Waals surface area contributed by atoms with Crippen molar-refractivity contribution in [3.05, 3.63) is 63.7 Å². The molecule has 2 N–H and O–H groups in total. The Kier molecular flexibility index (Phi) is 8.74. The lowest BCUT2D eigenvalue weighted by Crippen LogP contribution is -2.51. The number of nitro groups is 1. The number of benzene rings is 2. The van der Waals surface area contributed by atoms with Crippen LogP contribution >= 0.6 is 23.8 Å². The number of nitro benzene ring substituents is 1. The van der Waals surface area contributed by atoms with Crippen LogP contribution in [0.5, 0.6) is 5.75 Å². The van der Waals surface area contributed by atoms with Crippen LogP contribution in [0.15, 0.2) is 48.5 Å². The van der Waals surface area contributed by atoms with Gasteiger partial charge in [0.2, 0.25) is 5.91 Å². The van der Waals surface area contributed by atoms with Crippen LogP contribution < -0.4 is 15.5 Å². The zero-order chi connectivity index (χ0) is 27.2. The van der Waals surface area contributed by atoms with Crippen molar-refractivity contribution in [1.82, 2.24) is 15.3 Å². The van der Waals surface area contributed by atoms with Crippen LogP contribution in [-0.4, -0.2) is 56.4 Å². The molecule has 0 radical (unpaired) electrons. The lowest BCUT2D eigenvalue weighted by molar-refractivity contribution is -0.385. The Morgan fingerprint density at radius 3 is 2.45 bits per heavy atom. The minimum absolute atomic E-state index is 0.0737. The summed E-state index contributed by atoms with van der Waals surface area (Å²) in [5, 5.41) is 15.8. The third-order valence-electron chi connectivity index (χ3n) is 6.36. The van der Waals surface area contributed by atoms with Gasteiger partial charge >= 0.3 is 5.69 Å². The largest absolute Gasteiger partial charge is 0.477 e. The first-order valence-corrected chi connectivity index (χ1v) is 12.9. The molecule has 2 aromatic carbocycles. The molecule has 1 aliphatic carbocycles. The van der Waals surface area contributed by atoms with Crippen molar-refractivity contribution in [2.24, 2.45) is 0 Å². The van der Waals surface area contributed by atoms with Gasteiger partial charge < -0.3 is 10.1 Å². The van der Waals surface area contributed by atoms with Gasteiger partial charge in [0, 0.05) is 22.8 Å². The van der Waals surface area contributed by atoms with Crippen molar-refractivity contribution >= 4 is 58.0 Å². The molecule has 1 saturated carbocycles. The normalized spacial score (nSPS) is 17.9. The number of thiocarbonyl (C=S) groups is 1. The fourth-order valence-corrected chi connectivity index (χ4v) is 5.09. The maximum Gasteiger partial charge on any atom is 0.310 e. The van der Waals surface area contributed by atoms with E-state index < -0.39 is 29.4 Å². The van der Waals surface area contributed by atoms with Crippen molar-refractivity contribution in [3.63, 3.8) is 0 Å². The number of anilines is 1. The maximum absolute atomic E-state index is 13.5. The minimum Gasteiger partial charge on any atom is -0.477 e. The Morgan fingerprint density at radius 2 is 1.76 bits per heavy atom. The molecule has 0 bridgehead atoms. The molecule has 13 heteroatoms. The highest BCUT2D eigenvalue weighted by Gasteiger charge is 2.47. The summed E-state index contributed by atoms with van der Waals surface area (Å²) in [6.07, 6.45) is 4.26. The summed E-state index contributed by atoms with van der Waals surface area (Å²) in [5.41, 5.74) is 2.79. The van der Waals surface area contributed by atoms with Crippen molar-refractivity contribution in [3.8, 4) is 5.75 Å². The first-order valence-electron chi connectivity index (χ1n) is 12.1. The number of hydrazine groups is 1. The summed E-state index contributed by atoms with van der Waals surface area (Å²) in [4.78, 5) is 51.2. The molecule has 4 rings (SSSR count). The highest BCUT2D eigenvalue weighted by Crippen LogP contribution is 2.30. The number of rotatable bonds is 9. The van der Waals surface area contributed by atoms with E-state index in [1.165, 1.54) is 28.1 Å². The van der Waals surface area contributed by atoms with Crippen LogP contribution in [0.4, 0.5) is 11.4 Å². The predicted molar refractivity (Wildman–Crippen MR) is 143 cm³/mol. The monoisotopic (exact) mass is 559 g/mol. The van der Waals surface area contributed by atoms with E-state index in [9.17, 15) is 24.5 Å². The lowest BCUT2D eigenvalue weighted by Gasteiger charge is -2.31. The summed E-state index contributed by atoms with van der Waals surface area (Å²) in [5.74, 6) is -1.58. The molecule has 1 heterocycles. The average Bonchev–Trinajstić information content (AvgIpc) is 3.13. The van der Waals surface area contributed by atoms with Crippen LogP contribution in [0, 0.1) is 10.1 Å². The molecule has 0 spiro atoms. The zero-order valence-corrected chi connectivity index (χ0v) is 21.9.